The maximum atomic E-state index is 12.0. The number of thiophene rings is 1. The first kappa shape index (κ1) is 14.5. The van der Waals surface area contributed by atoms with Crippen LogP contribution in [0.2, 0.25) is 0 Å². The molecule has 0 saturated heterocycles. The fourth-order valence-corrected chi connectivity index (χ4v) is 2.82. The molecular formula is C12H15N3O4S. The molecule has 0 aromatic carbocycles. The predicted octanol–water partition coefficient (Wildman–Crippen LogP) is -0.591. The molecule has 108 valence electrons. The lowest BCUT2D eigenvalue weighted by Gasteiger charge is -2.04. The Morgan fingerprint density at radius 3 is 2.65 bits per heavy atom. The maximum absolute atomic E-state index is 12.0. The number of aryl methyl sites for hydroxylation is 1. The molecule has 0 bridgehead atoms. The summed E-state index contributed by atoms with van der Waals surface area (Å²) in [6.45, 7) is 1.69. The van der Waals surface area contributed by atoms with Gasteiger partial charge in [0.15, 0.2) is 0 Å². The zero-order valence-electron chi connectivity index (χ0n) is 11.3. The fraction of sp³-hybridized carbons (Fsp3) is 0.417. The van der Waals surface area contributed by atoms with Crippen LogP contribution in [-0.2, 0) is 14.1 Å². The van der Waals surface area contributed by atoms with E-state index in [1.54, 1.807) is 14.0 Å². The molecule has 7 nitrogen and oxygen atoms in total. The van der Waals surface area contributed by atoms with Gasteiger partial charge in [0.2, 0.25) is 0 Å². The van der Waals surface area contributed by atoms with Gasteiger partial charge in [0, 0.05) is 20.6 Å². The van der Waals surface area contributed by atoms with Crippen LogP contribution >= 0.6 is 11.3 Å². The van der Waals surface area contributed by atoms with Crippen LogP contribution in [0.3, 0.4) is 0 Å². The summed E-state index contributed by atoms with van der Waals surface area (Å²) in [5.74, 6) is -0.374. The van der Waals surface area contributed by atoms with Crippen molar-refractivity contribution in [3.05, 3.63) is 31.8 Å². The molecule has 0 aliphatic carbocycles. The van der Waals surface area contributed by atoms with Crippen molar-refractivity contribution in [3.8, 4) is 0 Å². The highest BCUT2D eigenvalue weighted by molar-refractivity contribution is 7.20. The average Bonchev–Trinajstić information content (AvgIpc) is 2.85. The summed E-state index contributed by atoms with van der Waals surface area (Å²) in [6, 6.07) is 1.47. The van der Waals surface area contributed by atoms with Gasteiger partial charge in [0.1, 0.15) is 4.83 Å². The molecule has 1 amide bonds. The van der Waals surface area contributed by atoms with E-state index in [0.29, 0.717) is 15.1 Å². The second-order valence-corrected chi connectivity index (χ2v) is 5.62. The summed E-state index contributed by atoms with van der Waals surface area (Å²) < 4.78 is 2.35. The number of fused-ring (bicyclic) bond motifs is 1. The highest BCUT2D eigenvalue weighted by atomic mass is 32.1. The summed E-state index contributed by atoms with van der Waals surface area (Å²) in [7, 11) is 2.95. The van der Waals surface area contributed by atoms with Crippen molar-refractivity contribution < 1.29 is 9.90 Å². The molecule has 0 radical (unpaired) electrons. The molecule has 0 spiro atoms. The van der Waals surface area contributed by atoms with Crippen molar-refractivity contribution in [3.63, 3.8) is 0 Å². The Kier molecular flexibility index (Phi) is 3.78. The van der Waals surface area contributed by atoms with Crippen LogP contribution in [0, 0.1) is 0 Å². The molecule has 0 aliphatic heterocycles. The van der Waals surface area contributed by atoms with Gasteiger partial charge in [0.25, 0.3) is 11.5 Å². The topological polar surface area (TPSA) is 93.3 Å². The summed E-state index contributed by atoms with van der Waals surface area (Å²) in [5.41, 5.74) is -0.853. The van der Waals surface area contributed by atoms with E-state index in [4.69, 9.17) is 5.11 Å². The van der Waals surface area contributed by atoms with Gasteiger partial charge in [-0.15, -0.1) is 11.3 Å². The lowest BCUT2D eigenvalue weighted by molar-refractivity contribution is 0.0928. The van der Waals surface area contributed by atoms with E-state index in [2.05, 4.69) is 5.32 Å². The minimum atomic E-state index is -0.648. The van der Waals surface area contributed by atoms with E-state index in [-0.39, 0.29) is 12.5 Å². The number of nitrogens with one attached hydrogen (secondary N) is 1. The SMILES string of the molecule is CC(O)CNC(=O)c1cc2c(=O)n(C)c(=O)n(C)c2s1. The third-order valence-corrected chi connectivity index (χ3v) is 4.12. The molecule has 0 saturated carbocycles. The third-order valence-electron chi connectivity index (χ3n) is 2.91. The zero-order chi connectivity index (χ0) is 15.0. The highest BCUT2D eigenvalue weighted by Gasteiger charge is 2.16. The minimum absolute atomic E-state index is 0.129. The number of hydrogen-bond acceptors (Lipinski definition) is 5. The highest BCUT2D eigenvalue weighted by Crippen LogP contribution is 2.21. The molecule has 2 rings (SSSR count). The fourth-order valence-electron chi connectivity index (χ4n) is 1.80. The lowest BCUT2D eigenvalue weighted by Crippen LogP contribution is -2.36. The van der Waals surface area contributed by atoms with Gasteiger partial charge >= 0.3 is 5.69 Å². The molecule has 2 aromatic heterocycles. The third kappa shape index (κ3) is 2.39. The minimum Gasteiger partial charge on any atom is -0.392 e. The largest absolute Gasteiger partial charge is 0.392 e. The quantitative estimate of drug-likeness (QED) is 0.792. The number of aliphatic hydroxyl groups excluding tert-OH is 1. The van der Waals surface area contributed by atoms with Crippen LogP contribution in [0.15, 0.2) is 15.7 Å². The summed E-state index contributed by atoms with van der Waals surface area (Å²) in [6.07, 6.45) is -0.648. The molecule has 1 unspecified atom stereocenters. The van der Waals surface area contributed by atoms with Gasteiger partial charge in [0.05, 0.1) is 16.4 Å². The lowest BCUT2D eigenvalue weighted by atomic mass is 10.3. The van der Waals surface area contributed by atoms with E-state index in [0.717, 1.165) is 15.9 Å². The van der Waals surface area contributed by atoms with E-state index in [1.165, 1.54) is 17.7 Å². The maximum Gasteiger partial charge on any atom is 0.331 e. The number of carbonyl (C=O) groups is 1. The van der Waals surface area contributed by atoms with Crippen molar-refractivity contribution in [1.29, 1.82) is 0 Å². The van der Waals surface area contributed by atoms with E-state index < -0.39 is 17.4 Å². The number of aliphatic hydroxyl groups is 1. The van der Waals surface area contributed by atoms with Crippen molar-refractivity contribution in [1.82, 2.24) is 14.5 Å². The molecule has 2 heterocycles. The zero-order valence-corrected chi connectivity index (χ0v) is 12.2. The first-order chi connectivity index (χ1) is 9.32. The molecule has 2 N–H and O–H groups in total. The molecule has 8 heteroatoms. The number of hydrogen-bond donors (Lipinski definition) is 2. The smallest absolute Gasteiger partial charge is 0.331 e. The summed E-state index contributed by atoms with van der Waals surface area (Å²) >= 11 is 1.08. The standard InChI is InChI=1S/C12H15N3O4S/c1-6(16)5-13-9(17)8-4-7-10(18)14(2)12(19)15(3)11(7)20-8/h4,6,16H,5H2,1-3H3,(H,13,17). The Labute approximate surface area is 118 Å². The molecule has 2 aromatic rings. The number of carbonyl (C=O) groups excluding carboxylic acids is 1. The van der Waals surface area contributed by atoms with Gasteiger partial charge in [-0.1, -0.05) is 0 Å². The van der Waals surface area contributed by atoms with Gasteiger partial charge in [-0.05, 0) is 13.0 Å². The molecule has 0 aliphatic rings. The van der Waals surface area contributed by atoms with Crippen LogP contribution < -0.4 is 16.6 Å². The monoisotopic (exact) mass is 297 g/mol. The number of nitrogens with zero attached hydrogens (tertiary/aromatic N) is 2. The van der Waals surface area contributed by atoms with E-state index in [9.17, 15) is 14.4 Å². The first-order valence-corrected chi connectivity index (χ1v) is 6.80. The van der Waals surface area contributed by atoms with Crippen LogP contribution in [0.1, 0.15) is 16.6 Å². The Bertz CT molecular complexity index is 784. The van der Waals surface area contributed by atoms with Crippen LogP contribution in [0.5, 0.6) is 0 Å². The van der Waals surface area contributed by atoms with Crippen LogP contribution in [0.4, 0.5) is 0 Å². The van der Waals surface area contributed by atoms with Gasteiger partial charge in [-0.3, -0.25) is 18.7 Å². The second-order valence-electron chi connectivity index (χ2n) is 4.59. The second kappa shape index (κ2) is 5.22. The predicted molar refractivity (Wildman–Crippen MR) is 76.3 cm³/mol. The van der Waals surface area contributed by atoms with Crippen molar-refractivity contribution in [2.45, 2.75) is 13.0 Å². The van der Waals surface area contributed by atoms with Crippen LogP contribution in [0.25, 0.3) is 10.2 Å². The molecule has 0 fully saturated rings. The number of rotatable bonds is 3. The Hall–Kier alpha value is -1.93. The molecular weight excluding hydrogens is 282 g/mol. The van der Waals surface area contributed by atoms with Crippen molar-refractivity contribution >= 4 is 27.5 Å². The summed E-state index contributed by atoms with van der Waals surface area (Å²) in [5, 5.41) is 12.0. The first-order valence-electron chi connectivity index (χ1n) is 5.98. The number of aromatic nitrogens is 2. The normalized spacial score (nSPS) is 12.6. The molecule has 20 heavy (non-hydrogen) atoms. The van der Waals surface area contributed by atoms with E-state index in [1.807, 2.05) is 0 Å². The summed E-state index contributed by atoms with van der Waals surface area (Å²) in [4.78, 5) is 36.5. The average molecular weight is 297 g/mol. The van der Waals surface area contributed by atoms with Gasteiger partial charge in [-0.25, -0.2) is 4.79 Å². The van der Waals surface area contributed by atoms with Crippen molar-refractivity contribution in [2.24, 2.45) is 14.1 Å². The van der Waals surface area contributed by atoms with Gasteiger partial charge in [-0.2, -0.15) is 0 Å². The Balaban J connectivity index is 2.52. The number of amides is 1. The Morgan fingerprint density at radius 2 is 2.05 bits per heavy atom. The van der Waals surface area contributed by atoms with E-state index >= 15 is 0 Å². The van der Waals surface area contributed by atoms with Crippen LogP contribution in [-0.4, -0.2) is 32.8 Å². The van der Waals surface area contributed by atoms with Crippen molar-refractivity contribution in [2.75, 3.05) is 6.54 Å². The Morgan fingerprint density at radius 1 is 1.40 bits per heavy atom. The molecule has 1 atom stereocenters. The van der Waals surface area contributed by atoms with Gasteiger partial charge < -0.3 is 10.4 Å².